The fraction of sp³-hybridized carbons (Fsp3) is 0.727. The maximum Gasteiger partial charge on any atom is 0.387 e. The van der Waals surface area contributed by atoms with Gasteiger partial charge >= 0.3 is 6.61 Å². The van der Waals surface area contributed by atoms with Gasteiger partial charge in [0.2, 0.25) is 0 Å². The SMILES string of the molecule is FC(F)Oc1ccc([C@H]2CC[C@H](CCCCC3CC[SiH](Cl)CC3)CC2)cc1. The van der Waals surface area contributed by atoms with Gasteiger partial charge in [-0.2, -0.15) is 19.9 Å². The summed E-state index contributed by atoms with van der Waals surface area (Å²) < 4.78 is 28.9. The monoisotopic (exact) mass is 414 g/mol. The van der Waals surface area contributed by atoms with E-state index in [1.54, 1.807) is 12.1 Å². The molecule has 0 N–H and O–H groups in total. The Hall–Kier alpha value is -0.613. The number of benzene rings is 1. The Morgan fingerprint density at radius 3 is 2.00 bits per heavy atom. The molecule has 0 spiro atoms. The minimum Gasteiger partial charge on any atom is -0.435 e. The Bertz CT molecular complexity index is 538. The van der Waals surface area contributed by atoms with Crippen LogP contribution in [0.4, 0.5) is 8.78 Å². The fourth-order valence-corrected chi connectivity index (χ4v) is 7.69. The van der Waals surface area contributed by atoms with Crippen LogP contribution in [-0.4, -0.2) is 14.7 Å². The van der Waals surface area contributed by atoms with Crippen molar-refractivity contribution in [1.82, 2.24) is 0 Å². The van der Waals surface area contributed by atoms with Crippen LogP contribution in [0.25, 0.3) is 0 Å². The summed E-state index contributed by atoms with van der Waals surface area (Å²) in [5.74, 6) is 2.68. The molecule has 152 valence electrons. The lowest BCUT2D eigenvalue weighted by Crippen LogP contribution is -2.16. The van der Waals surface area contributed by atoms with Gasteiger partial charge in [0.1, 0.15) is 13.9 Å². The molecule has 0 amide bonds. The number of hydrogen-bond donors (Lipinski definition) is 0. The maximum absolute atomic E-state index is 12.2. The standard InChI is InChI=1S/C22H33ClF2OSi/c23-27-15-13-18(14-16-27)4-2-1-3-17-5-7-19(8-6-17)20-9-11-21(12-10-20)26-22(24)25/h9-12,17-19,22,27H,1-8,13-16H2/t17-,18?,19-,27?. The Balaban J connectivity index is 1.30. The van der Waals surface area contributed by atoms with Crippen molar-refractivity contribution in [2.24, 2.45) is 11.8 Å². The van der Waals surface area contributed by atoms with Crippen LogP contribution in [0.1, 0.15) is 75.7 Å². The zero-order chi connectivity index (χ0) is 19.1. The topological polar surface area (TPSA) is 9.23 Å². The van der Waals surface area contributed by atoms with Gasteiger partial charge < -0.3 is 4.74 Å². The molecule has 27 heavy (non-hydrogen) atoms. The molecular weight excluding hydrogens is 382 g/mol. The summed E-state index contributed by atoms with van der Waals surface area (Å²) in [5.41, 5.74) is 1.27. The molecule has 0 aromatic heterocycles. The van der Waals surface area contributed by atoms with Crippen molar-refractivity contribution in [3.05, 3.63) is 29.8 Å². The molecule has 0 bridgehead atoms. The van der Waals surface area contributed by atoms with Crippen molar-refractivity contribution in [3.8, 4) is 5.75 Å². The van der Waals surface area contributed by atoms with Gasteiger partial charge in [-0.3, -0.25) is 0 Å². The summed E-state index contributed by atoms with van der Waals surface area (Å²) in [4.78, 5) is 0. The Morgan fingerprint density at radius 2 is 1.44 bits per heavy atom. The lowest BCUT2D eigenvalue weighted by molar-refractivity contribution is -0.0498. The summed E-state index contributed by atoms with van der Waals surface area (Å²) in [6.07, 6.45) is 13.4. The van der Waals surface area contributed by atoms with Crippen LogP contribution in [-0.2, 0) is 0 Å². The minimum atomic E-state index is -2.75. The van der Waals surface area contributed by atoms with Crippen molar-refractivity contribution >= 4 is 19.2 Å². The first-order valence-corrected chi connectivity index (χ1v) is 14.2. The second kappa shape index (κ2) is 10.8. The molecule has 0 radical (unpaired) electrons. The first-order chi connectivity index (χ1) is 13.1. The van der Waals surface area contributed by atoms with E-state index in [1.165, 1.54) is 81.9 Å². The summed E-state index contributed by atoms with van der Waals surface area (Å²) in [7, 11) is -0.807. The molecule has 1 heterocycles. The normalized spacial score (nSPS) is 29.0. The first kappa shape index (κ1) is 21.1. The van der Waals surface area contributed by atoms with E-state index in [-0.39, 0.29) is 5.75 Å². The molecule has 0 atom stereocenters. The largest absolute Gasteiger partial charge is 0.435 e. The highest BCUT2D eigenvalue weighted by molar-refractivity contribution is 7.07. The van der Waals surface area contributed by atoms with Crippen LogP contribution in [0.15, 0.2) is 24.3 Å². The Morgan fingerprint density at radius 1 is 0.889 bits per heavy atom. The van der Waals surface area contributed by atoms with E-state index in [1.807, 2.05) is 12.1 Å². The molecule has 2 aliphatic rings. The Labute approximate surface area is 169 Å². The van der Waals surface area contributed by atoms with Crippen LogP contribution in [0, 0.1) is 11.8 Å². The lowest BCUT2D eigenvalue weighted by atomic mass is 9.77. The average Bonchev–Trinajstić information content (AvgIpc) is 2.67. The number of alkyl halides is 2. The van der Waals surface area contributed by atoms with E-state index >= 15 is 0 Å². The van der Waals surface area contributed by atoms with Crippen LogP contribution >= 0.6 is 11.1 Å². The van der Waals surface area contributed by atoms with Gasteiger partial charge in [-0.1, -0.05) is 50.7 Å². The molecule has 3 rings (SSSR count). The van der Waals surface area contributed by atoms with Crippen LogP contribution in [0.3, 0.4) is 0 Å². The van der Waals surface area contributed by atoms with Crippen molar-refractivity contribution in [2.45, 2.75) is 88.8 Å². The second-order valence-corrected chi connectivity index (χ2v) is 12.8. The molecular formula is C22H33ClF2OSi. The van der Waals surface area contributed by atoms with E-state index in [2.05, 4.69) is 4.74 Å². The number of unbranched alkanes of at least 4 members (excludes halogenated alkanes) is 1. The van der Waals surface area contributed by atoms with Crippen LogP contribution < -0.4 is 4.74 Å². The highest BCUT2D eigenvalue weighted by Crippen LogP contribution is 2.38. The predicted octanol–water partition coefficient (Wildman–Crippen LogP) is 7.49. The van der Waals surface area contributed by atoms with E-state index in [4.69, 9.17) is 11.1 Å². The molecule has 1 saturated heterocycles. The molecule has 5 heteroatoms. The third kappa shape index (κ3) is 7.05. The second-order valence-electron chi connectivity index (χ2n) is 8.57. The zero-order valence-electron chi connectivity index (χ0n) is 16.2. The highest BCUT2D eigenvalue weighted by atomic mass is 35.6. The molecule has 1 saturated carbocycles. The quantitative estimate of drug-likeness (QED) is 0.243. The molecule has 1 aliphatic carbocycles. The summed E-state index contributed by atoms with van der Waals surface area (Å²) in [6, 6.07) is 9.97. The number of halogens is 3. The van der Waals surface area contributed by atoms with E-state index in [0.717, 1.165) is 11.8 Å². The van der Waals surface area contributed by atoms with E-state index in [0.29, 0.717) is 5.92 Å². The minimum absolute atomic E-state index is 0.254. The van der Waals surface area contributed by atoms with Gasteiger partial charge in [-0.25, -0.2) is 0 Å². The van der Waals surface area contributed by atoms with Gasteiger partial charge in [0.15, 0.2) is 0 Å². The van der Waals surface area contributed by atoms with Crippen molar-refractivity contribution in [2.75, 3.05) is 0 Å². The smallest absolute Gasteiger partial charge is 0.387 e. The van der Waals surface area contributed by atoms with Crippen molar-refractivity contribution in [1.29, 1.82) is 0 Å². The molecule has 1 aliphatic heterocycles. The lowest BCUT2D eigenvalue weighted by Gasteiger charge is -2.29. The van der Waals surface area contributed by atoms with Gasteiger partial charge in [0, 0.05) is 0 Å². The van der Waals surface area contributed by atoms with Crippen LogP contribution in [0.2, 0.25) is 12.1 Å². The highest BCUT2D eigenvalue weighted by Gasteiger charge is 2.23. The number of ether oxygens (including phenoxy) is 1. The third-order valence-electron chi connectivity index (χ3n) is 6.67. The molecule has 1 aromatic rings. The van der Waals surface area contributed by atoms with E-state index in [9.17, 15) is 8.78 Å². The van der Waals surface area contributed by atoms with Crippen LogP contribution in [0.5, 0.6) is 5.75 Å². The first-order valence-electron chi connectivity index (χ1n) is 10.8. The maximum atomic E-state index is 12.2. The number of hydrogen-bond acceptors (Lipinski definition) is 1. The summed E-state index contributed by atoms with van der Waals surface area (Å²) >= 11 is 6.33. The van der Waals surface area contributed by atoms with E-state index < -0.39 is 14.7 Å². The molecule has 1 nitrogen and oxygen atoms in total. The molecule has 0 unspecified atom stereocenters. The van der Waals surface area contributed by atoms with Gasteiger partial charge in [-0.05, 0) is 73.2 Å². The average molecular weight is 415 g/mol. The molecule has 2 fully saturated rings. The number of rotatable bonds is 8. The fourth-order valence-electron chi connectivity index (χ4n) is 4.98. The zero-order valence-corrected chi connectivity index (χ0v) is 18.1. The third-order valence-corrected chi connectivity index (χ3v) is 9.90. The predicted molar refractivity (Wildman–Crippen MR) is 112 cm³/mol. The Kier molecular flexibility index (Phi) is 8.44. The van der Waals surface area contributed by atoms with Gasteiger partial charge in [-0.15, -0.1) is 0 Å². The summed E-state index contributed by atoms with van der Waals surface area (Å²) in [5, 5.41) is 0. The molecule has 1 aromatic carbocycles. The van der Waals surface area contributed by atoms with Crippen molar-refractivity contribution in [3.63, 3.8) is 0 Å². The van der Waals surface area contributed by atoms with Gasteiger partial charge in [0.25, 0.3) is 0 Å². The van der Waals surface area contributed by atoms with Gasteiger partial charge in [0.05, 0.1) is 0 Å². The summed E-state index contributed by atoms with van der Waals surface area (Å²) in [6.45, 7) is -2.75. The van der Waals surface area contributed by atoms with Crippen molar-refractivity contribution < 1.29 is 13.5 Å².